The van der Waals surface area contributed by atoms with Gasteiger partial charge in [-0.3, -0.25) is 0 Å². The van der Waals surface area contributed by atoms with Crippen molar-refractivity contribution < 1.29 is 13.5 Å². The number of halogens is 2. The lowest BCUT2D eigenvalue weighted by molar-refractivity contribution is 0.324. The predicted molar refractivity (Wildman–Crippen MR) is 71.3 cm³/mol. The molecular formula is C13H19F2N3O. The molecule has 106 valence electrons. The molecule has 0 aliphatic heterocycles. The number of hydrogen-bond donors (Lipinski definition) is 1. The average molecular weight is 271 g/mol. The average Bonchev–Trinajstić information content (AvgIpc) is 2.40. The summed E-state index contributed by atoms with van der Waals surface area (Å²) in [5, 5.41) is 0. The summed E-state index contributed by atoms with van der Waals surface area (Å²) in [6.45, 7) is 6.17. The molecule has 0 heterocycles. The zero-order valence-corrected chi connectivity index (χ0v) is 11.2. The first-order valence-corrected chi connectivity index (χ1v) is 6.21. The van der Waals surface area contributed by atoms with Gasteiger partial charge < -0.3 is 15.4 Å². The molecule has 6 heteroatoms. The van der Waals surface area contributed by atoms with Gasteiger partial charge in [0, 0.05) is 19.2 Å². The maximum Gasteiger partial charge on any atom is 0.191 e. The predicted octanol–water partition coefficient (Wildman–Crippen LogP) is 2.00. The van der Waals surface area contributed by atoms with Gasteiger partial charge in [0.15, 0.2) is 17.6 Å². The van der Waals surface area contributed by atoms with Crippen molar-refractivity contribution in [3.05, 3.63) is 29.8 Å². The molecule has 0 atom stereocenters. The van der Waals surface area contributed by atoms with Gasteiger partial charge in [-0.1, -0.05) is 0 Å². The molecule has 0 bridgehead atoms. The third-order valence-electron chi connectivity index (χ3n) is 2.61. The highest BCUT2D eigenvalue weighted by Crippen LogP contribution is 2.15. The molecule has 1 aromatic rings. The van der Waals surface area contributed by atoms with E-state index in [4.69, 9.17) is 10.5 Å². The van der Waals surface area contributed by atoms with Gasteiger partial charge in [-0.2, -0.15) is 0 Å². The largest absolute Gasteiger partial charge is 0.492 e. The number of nitrogens with two attached hydrogens (primary N) is 1. The number of ether oxygens (including phenoxy) is 1. The first kappa shape index (κ1) is 15.2. The second-order valence-corrected chi connectivity index (χ2v) is 3.84. The van der Waals surface area contributed by atoms with E-state index in [9.17, 15) is 8.78 Å². The van der Waals surface area contributed by atoms with Gasteiger partial charge in [0.25, 0.3) is 0 Å². The van der Waals surface area contributed by atoms with E-state index in [2.05, 4.69) is 4.99 Å². The molecule has 0 saturated heterocycles. The molecule has 0 aliphatic rings. The van der Waals surface area contributed by atoms with Crippen LogP contribution < -0.4 is 10.5 Å². The number of guanidine groups is 1. The lowest BCUT2D eigenvalue weighted by Crippen LogP contribution is -2.37. The van der Waals surface area contributed by atoms with Crippen molar-refractivity contribution in [3.8, 4) is 5.75 Å². The lowest BCUT2D eigenvalue weighted by atomic mass is 10.3. The van der Waals surface area contributed by atoms with Crippen molar-refractivity contribution in [1.82, 2.24) is 4.90 Å². The quantitative estimate of drug-likeness (QED) is 0.489. The normalized spacial score (nSPS) is 11.5. The second kappa shape index (κ2) is 7.56. The van der Waals surface area contributed by atoms with E-state index in [0.29, 0.717) is 12.5 Å². The molecule has 0 aliphatic carbocycles. The van der Waals surface area contributed by atoms with Crippen molar-refractivity contribution in [2.75, 3.05) is 26.2 Å². The van der Waals surface area contributed by atoms with Gasteiger partial charge in [0.05, 0.1) is 6.54 Å². The van der Waals surface area contributed by atoms with Gasteiger partial charge in [-0.25, -0.2) is 13.8 Å². The summed E-state index contributed by atoms with van der Waals surface area (Å²) in [7, 11) is 0. The maximum absolute atomic E-state index is 12.9. The van der Waals surface area contributed by atoms with Crippen LogP contribution in [0.25, 0.3) is 0 Å². The van der Waals surface area contributed by atoms with Crippen molar-refractivity contribution in [2.24, 2.45) is 10.7 Å². The molecule has 1 rings (SSSR count). The van der Waals surface area contributed by atoms with Gasteiger partial charge in [-0.05, 0) is 26.0 Å². The molecule has 0 spiro atoms. The summed E-state index contributed by atoms with van der Waals surface area (Å²) in [5.41, 5.74) is 5.77. The van der Waals surface area contributed by atoms with Gasteiger partial charge in [0.2, 0.25) is 0 Å². The summed E-state index contributed by atoms with van der Waals surface area (Å²) in [5.74, 6) is -1.09. The highest BCUT2D eigenvalue weighted by Gasteiger charge is 2.03. The highest BCUT2D eigenvalue weighted by atomic mass is 19.2. The van der Waals surface area contributed by atoms with Crippen LogP contribution in [0.2, 0.25) is 0 Å². The minimum Gasteiger partial charge on any atom is -0.492 e. The monoisotopic (exact) mass is 271 g/mol. The summed E-state index contributed by atoms with van der Waals surface area (Å²) in [6, 6.07) is 3.40. The van der Waals surface area contributed by atoms with Crippen LogP contribution in [0.5, 0.6) is 5.75 Å². The standard InChI is InChI=1S/C13H19F2N3O/c1-3-18(4-2)13(16)17-7-8-19-10-5-6-11(14)12(15)9-10/h5-6,9H,3-4,7-8H2,1-2H3,(H2,16,17). The van der Waals surface area contributed by atoms with E-state index >= 15 is 0 Å². The fraction of sp³-hybridized carbons (Fsp3) is 0.462. The third-order valence-corrected chi connectivity index (χ3v) is 2.61. The van der Waals surface area contributed by atoms with Crippen molar-refractivity contribution in [3.63, 3.8) is 0 Å². The minimum atomic E-state index is -0.927. The fourth-order valence-corrected chi connectivity index (χ4v) is 1.54. The number of aliphatic imine (C=N–C) groups is 1. The van der Waals surface area contributed by atoms with E-state index in [-0.39, 0.29) is 12.4 Å². The molecule has 0 radical (unpaired) electrons. The van der Waals surface area contributed by atoms with Crippen LogP contribution in [0.15, 0.2) is 23.2 Å². The van der Waals surface area contributed by atoms with Crippen molar-refractivity contribution in [1.29, 1.82) is 0 Å². The van der Waals surface area contributed by atoms with Gasteiger partial charge >= 0.3 is 0 Å². The Bertz CT molecular complexity index is 434. The Balaban J connectivity index is 2.42. The first-order chi connectivity index (χ1) is 9.08. The third kappa shape index (κ3) is 4.73. The summed E-state index contributed by atoms with van der Waals surface area (Å²) < 4.78 is 30.8. The van der Waals surface area contributed by atoms with Crippen LogP contribution in [0, 0.1) is 11.6 Å². The Morgan fingerprint density at radius 1 is 1.26 bits per heavy atom. The molecule has 2 N–H and O–H groups in total. The zero-order chi connectivity index (χ0) is 14.3. The molecule has 0 fully saturated rings. The SMILES string of the molecule is CCN(CC)C(N)=NCCOc1ccc(F)c(F)c1. The summed E-state index contributed by atoms with van der Waals surface area (Å²) in [6.07, 6.45) is 0. The Hall–Kier alpha value is -1.85. The summed E-state index contributed by atoms with van der Waals surface area (Å²) in [4.78, 5) is 6.06. The molecule has 1 aromatic carbocycles. The smallest absolute Gasteiger partial charge is 0.191 e. The van der Waals surface area contributed by atoms with Gasteiger partial charge in [0.1, 0.15) is 12.4 Å². The van der Waals surface area contributed by atoms with E-state index < -0.39 is 11.6 Å². The molecule has 0 unspecified atom stereocenters. The van der Waals surface area contributed by atoms with Crippen LogP contribution in [0.3, 0.4) is 0 Å². The van der Waals surface area contributed by atoms with Crippen molar-refractivity contribution >= 4 is 5.96 Å². The van der Waals surface area contributed by atoms with Crippen LogP contribution in [-0.2, 0) is 0 Å². The Kier molecular flexibility index (Phi) is 6.05. The number of rotatable bonds is 6. The number of hydrogen-bond acceptors (Lipinski definition) is 2. The van der Waals surface area contributed by atoms with E-state index in [1.54, 1.807) is 0 Å². The Morgan fingerprint density at radius 2 is 1.95 bits per heavy atom. The Morgan fingerprint density at radius 3 is 2.53 bits per heavy atom. The molecule has 0 aromatic heterocycles. The zero-order valence-electron chi connectivity index (χ0n) is 11.2. The van der Waals surface area contributed by atoms with Crippen molar-refractivity contribution in [2.45, 2.75) is 13.8 Å². The van der Waals surface area contributed by atoms with Crippen LogP contribution in [-0.4, -0.2) is 37.1 Å². The minimum absolute atomic E-state index is 0.257. The Labute approximate surface area is 111 Å². The molecule has 19 heavy (non-hydrogen) atoms. The van der Waals surface area contributed by atoms with Gasteiger partial charge in [-0.15, -0.1) is 0 Å². The highest BCUT2D eigenvalue weighted by molar-refractivity contribution is 5.77. The van der Waals surface area contributed by atoms with Crippen LogP contribution in [0.1, 0.15) is 13.8 Å². The molecular weight excluding hydrogens is 252 g/mol. The first-order valence-electron chi connectivity index (χ1n) is 6.21. The fourth-order valence-electron chi connectivity index (χ4n) is 1.54. The van der Waals surface area contributed by atoms with E-state index in [1.807, 2.05) is 18.7 Å². The molecule has 0 amide bonds. The van der Waals surface area contributed by atoms with Crippen LogP contribution in [0.4, 0.5) is 8.78 Å². The number of nitrogens with zero attached hydrogens (tertiary/aromatic N) is 2. The maximum atomic E-state index is 12.9. The van der Waals surface area contributed by atoms with E-state index in [0.717, 1.165) is 25.2 Å². The number of benzene rings is 1. The second-order valence-electron chi connectivity index (χ2n) is 3.84. The van der Waals surface area contributed by atoms with E-state index in [1.165, 1.54) is 6.07 Å². The molecule has 4 nitrogen and oxygen atoms in total. The summed E-state index contributed by atoms with van der Waals surface area (Å²) >= 11 is 0. The molecule has 0 saturated carbocycles. The lowest BCUT2D eigenvalue weighted by Gasteiger charge is -2.19. The topological polar surface area (TPSA) is 50.8 Å². The van der Waals surface area contributed by atoms with Crippen LogP contribution >= 0.6 is 0 Å².